The molecule has 2 aromatic carbocycles. The Hall–Kier alpha value is -2.50. The molecule has 2 rings (SSSR count). The number of nitrogens with one attached hydrogen (secondary N) is 1. The molecule has 0 bridgehead atoms. The average Bonchev–Trinajstić information content (AvgIpc) is 2.43. The van der Waals surface area contributed by atoms with E-state index in [0.29, 0.717) is 17.3 Å². The van der Waals surface area contributed by atoms with Crippen molar-refractivity contribution in [3.63, 3.8) is 0 Å². The van der Waals surface area contributed by atoms with Crippen LogP contribution in [-0.4, -0.2) is 5.91 Å². The van der Waals surface area contributed by atoms with Crippen molar-refractivity contribution in [2.75, 3.05) is 11.1 Å². The molecule has 0 aliphatic rings. The van der Waals surface area contributed by atoms with E-state index >= 15 is 0 Å². The van der Waals surface area contributed by atoms with E-state index in [1.807, 2.05) is 0 Å². The van der Waals surface area contributed by atoms with Crippen molar-refractivity contribution in [1.82, 2.24) is 0 Å². The molecular weight excluding hydrogens is 281 g/mol. The molecule has 0 spiro atoms. The number of halogens is 3. The third-order valence-electron chi connectivity index (χ3n) is 3.05. The third kappa shape index (κ3) is 3.34. The summed E-state index contributed by atoms with van der Waals surface area (Å²) >= 11 is 0. The van der Waals surface area contributed by atoms with Crippen molar-refractivity contribution in [3.05, 3.63) is 59.4 Å². The smallest absolute Gasteiger partial charge is 0.231 e. The van der Waals surface area contributed by atoms with Crippen LogP contribution in [-0.2, 0) is 4.79 Å². The molecule has 3 nitrogen and oxygen atoms in total. The van der Waals surface area contributed by atoms with E-state index in [1.165, 1.54) is 0 Å². The Morgan fingerprint density at radius 2 is 1.90 bits per heavy atom. The maximum atomic E-state index is 13.5. The Kier molecular flexibility index (Phi) is 4.16. The predicted octanol–water partition coefficient (Wildman–Crippen LogP) is 3.43. The summed E-state index contributed by atoms with van der Waals surface area (Å²) in [4.78, 5) is 12.0. The first-order valence-electron chi connectivity index (χ1n) is 6.19. The second-order valence-corrected chi connectivity index (χ2v) is 4.63. The highest BCUT2D eigenvalue weighted by atomic mass is 19.2. The van der Waals surface area contributed by atoms with Gasteiger partial charge in [-0.15, -0.1) is 0 Å². The second-order valence-electron chi connectivity index (χ2n) is 4.63. The molecular formula is C15H13F3N2O. The van der Waals surface area contributed by atoms with E-state index in [2.05, 4.69) is 5.32 Å². The van der Waals surface area contributed by atoms with Crippen molar-refractivity contribution >= 4 is 17.3 Å². The lowest BCUT2D eigenvalue weighted by atomic mass is 10.00. The molecule has 2 aromatic rings. The monoisotopic (exact) mass is 294 g/mol. The summed E-state index contributed by atoms with van der Waals surface area (Å²) in [6, 6.07) is 7.76. The van der Waals surface area contributed by atoms with Gasteiger partial charge in [-0.1, -0.05) is 12.1 Å². The van der Waals surface area contributed by atoms with Crippen molar-refractivity contribution in [1.29, 1.82) is 0 Å². The van der Waals surface area contributed by atoms with Gasteiger partial charge in [0.1, 0.15) is 5.82 Å². The molecule has 6 heteroatoms. The molecule has 0 aliphatic carbocycles. The summed E-state index contributed by atoms with van der Waals surface area (Å²) in [6.07, 6.45) is 0. The largest absolute Gasteiger partial charge is 0.399 e. The summed E-state index contributed by atoms with van der Waals surface area (Å²) in [5.74, 6) is -4.88. The number of nitrogen functional groups attached to an aromatic ring is 1. The highest BCUT2D eigenvalue weighted by Gasteiger charge is 2.19. The Morgan fingerprint density at radius 3 is 2.57 bits per heavy atom. The first-order chi connectivity index (χ1) is 9.88. The van der Waals surface area contributed by atoms with Crippen LogP contribution in [0.4, 0.5) is 24.5 Å². The van der Waals surface area contributed by atoms with Gasteiger partial charge in [-0.2, -0.15) is 0 Å². The SMILES string of the molecule is CC(C(=O)Nc1cc(F)cc(F)c1F)c1cccc(N)c1. The summed E-state index contributed by atoms with van der Waals surface area (Å²) in [6.45, 7) is 1.58. The third-order valence-corrected chi connectivity index (χ3v) is 3.05. The Morgan fingerprint density at radius 1 is 1.19 bits per heavy atom. The van der Waals surface area contributed by atoms with Crippen LogP contribution in [0.3, 0.4) is 0 Å². The minimum Gasteiger partial charge on any atom is -0.399 e. The first-order valence-corrected chi connectivity index (χ1v) is 6.19. The topological polar surface area (TPSA) is 55.1 Å². The number of hydrogen-bond donors (Lipinski definition) is 2. The van der Waals surface area contributed by atoms with Gasteiger partial charge in [0.15, 0.2) is 11.6 Å². The maximum absolute atomic E-state index is 13.5. The molecule has 1 atom stereocenters. The molecule has 0 aromatic heterocycles. The summed E-state index contributed by atoms with van der Waals surface area (Å²) in [5.41, 5.74) is 6.19. The molecule has 3 N–H and O–H groups in total. The zero-order chi connectivity index (χ0) is 15.6. The lowest BCUT2D eigenvalue weighted by molar-refractivity contribution is -0.117. The zero-order valence-electron chi connectivity index (χ0n) is 11.2. The summed E-state index contributed by atoms with van der Waals surface area (Å²) < 4.78 is 39.6. The Balaban J connectivity index is 2.22. The molecule has 0 aliphatic heterocycles. The van der Waals surface area contributed by atoms with E-state index in [0.717, 1.165) is 6.07 Å². The maximum Gasteiger partial charge on any atom is 0.231 e. The van der Waals surface area contributed by atoms with Gasteiger partial charge in [-0.05, 0) is 24.6 Å². The fourth-order valence-corrected chi connectivity index (χ4v) is 1.87. The summed E-state index contributed by atoms with van der Waals surface area (Å²) in [5, 5.41) is 2.17. The quantitative estimate of drug-likeness (QED) is 0.673. The summed E-state index contributed by atoms with van der Waals surface area (Å²) in [7, 11) is 0. The average molecular weight is 294 g/mol. The van der Waals surface area contributed by atoms with E-state index in [4.69, 9.17) is 5.73 Å². The molecule has 1 unspecified atom stereocenters. The fourth-order valence-electron chi connectivity index (χ4n) is 1.87. The van der Waals surface area contributed by atoms with Crippen LogP contribution in [0.5, 0.6) is 0 Å². The number of amides is 1. The number of rotatable bonds is 3. The Bertz CT molecular complexity index is 689. The molecule has 0 saturated carbocycles. The van der Waals surface area contributed by atoms with Crippen molar-refractivity contribution < 1.29 is 18.0 Å². The number of nitrogens with two attached hydrogens (primary N) is 1. The molecule has 0 saturated heterocycles. The number of carbonyl (C=O) groups is 1. The highest BCUT2D eigenvalue weighted by Crippen LogP contribution is 2.23. The number of hydrogen-bond acceptors (Lipinski definition) is 2. The minimum absolute atomic E-state index is 0.409. The lowest BCUT2D eigenvalue weighted by Crippen LogP contribution is -2.20. The molecule has 1 amide bonds. The van der Waals surface area contributed by atoms with Crippen molar-refractivity contribution in [3.8, 4) is 0 Å². The van der Waals surface area contributed by atoms with Crippen LogP contribution in [0.2, 0.25) is 0 Å². The number of benzene rings is 2. The van der Waals surface area contributed by atoms with Crippen LogP contribution in [0.1, 0.15) is 18.4 Å². The molecule has 0 heterocycles. The second kappa shape index (κ2) is 5.87. The van der Waals surface area contributed by atoms with E-state index in [9.17, 15) is 18.0 Å². The fraction of sp³-hybridized carbons (Fsp3) is 0.133. The van der Waals surface area contributed by atoms with Gasteiger partial charge < -0.3 is 11.1 Å². The van der Waals surface area contributed by atoms with Crippen molar-refractivity contribution in [2.24, 2.45) is 0 Å². The lowest BCUT2D eigenvalue weighted by Gasteiger charge is -2.14. The van der Waals surface area contributed by atoms with Gasteiger partial charge in [0.25, 0.3) is 0 Å². The first kappa shape index (κ1) is 14.9. The van der Waals surface area contributed by atoms with Gasteiger partial charge in [0.05, 0.1) is 11.6 Å². The van der Waals surface area contributed by atoms with Gasteiger partial charge in [0, 0.05) is 17.8 Å². The normalized spacial score (nSPS) is 12.0. The molecule has 21 heavy (non-hydrogen) atoms. The van der Waals surface area contributed by atoms with Crippen LogP contribution < -0.4 is 11.1 Å². The zero-order valence-corrected chi connectivity index (χ0v) is 11.2. The predicted molar refractivity (Wildman–Crippen MR) is 74.2 cm³/mol. The standard InChI is InChI=1S/C15H13F3N2O/c1-8(9-3-2-4-11(19)5-9)15(21)20-13-7-10(16)6-12(17)14(13)18/h2-8H,19H2,1H3,(H,20,21). The molecule has 0 fully saturated rings. The van der Waals surface area contributed by atoms with E-state index in [-0.39, 0.29) is 0 Å². The highest BCUT2D eigenvalue weighted by molar-refractivity contribution is 5.95. The molecule has 0 radical (unpaired) electrons. The van der Waals surface area contributed by atoms with Crippen LogP contribution in [0.25, 0.3) is 0 Å². The van der Waals surface area contributed by atoms with Gasteiger partial charge in [-0.3, -0.25) is 4.79 Å². The Labute approximate surface area is 119 Å². The van der Waals surface area contributed by atoms with Crippen LogP contribution >= 0.6 is 0 Å². The van der Waals surface area contributed by atoms with Gasteiger partial charge in [-0.25, -0.2) is 13.2 Å². The minimum atomic E-state index is -1.36. The van der Waals surface area contributed by atoms with E-state index < -0.39 is 35.0 Å². The van der Waals surface area contributed by atoms with Crippen LogP contribution in [0, 0.1) is 17.5 Å². The number of carbonyl (C=O) groups excluding carboxylic acids is 1. The van der Waals surface area contributed by atoms with Crippen molar-refractivity contribution in [2.45, 2.75) is 12.8 Å². The van der Waals surface area contributed by atoms with E-state index in [1.54, 1.807) is 31.2 Å². The van der Waals surface area contributed by atoms with Gasteiger partial charge >= 0.3 is 0 Å². The number of anilines is 2. The van der Waals surface area contributed by atoms with Gasteiger partial charge in [0.2, 0.25) is 5.91 Å². The van der Waals surface area contributed by atoms with Crippen LogP contribution in [0.15, 0.2) is 36.4 Å². The molecule has 110 valence electrons.